The fraction of sp³-hybridized carbons (Fsp3) is 0.647. The molecule has 0 radical (unpaired) electrons. The van der Waals surface area contributed by atoms with E-state index in [2.05, 4.69) is 43.4 Å². The molecule has 0 amide bonds. The minimum absolute atomic E-state index is 0.708. The molecule has 0 heterocycles. The molecule has 106 valence electrons. The van der Waals surface area contributed by atoms with E-state index in [1.54, 1.807) is 0 Å². The van der Waals surface area contributed by atoms with Crippen LogP contribution in [0.15, 0.2) is 24.3 Å². The molecule has 0 spiro atoms. The normalized spacial score (nSPS) is 15.1. The van der Waals surface area contributed by atoms with Gasteiger partial charge in [0.15, 0.2) is 0 Å². The third-order valence-electron chi connectivity index (χ3n) is 3.54. The van der Waals surface area contributed by atoms with Crippen molar-refractivity contribution in [2.24, 2.45) is 11.8 Å². The van der Waals surface area contributed by atoms with Gasteiger partial charge in [-0.1, -0.05) is 51.0 Å². The van der Waals surface area contributed by atoms with Gasteiger partial charge in [0.25, 0.3) is 0 Å². The Balaban J connectivity index is 1.62. The SMILES string of the molecule is CC(C)CNCc1ccc(COCCC2CC2)cc1. The van der Waals surface area contributed by atoms with Crippen molar-refractivity contribution in [3.05, 3.63) is 35.4 Å². The van der Waals surface area contributed by atoms with Gasteiger partial charge in [-0.05, 0) is 35.9 Å². The molecule has 1 aromatic rings. The number of hydrogen-bond donors (Lipinski definition) is 1. The first-order chi connectivity index (χ1) is 9.24. The summed E-state index contributed by atoms with van der Waals surface area (Å²) < 4.78 is 5.71. The Morgan fingerprint density at radius 1 is 1.16 bits per heavy atom. The maximum absolute atomic E-state index is 5.71. The topological polar surface area (TPSA) is 21.3 Å². The van der Waals surface area contributed by atoms with Crippen molar-refractivity contribution in [3.63, 3.8) is 0 Å². The molecule has 1 aliphatic carbocycles. The van der Waals surface area contributed by atoms with Crippen LogP contribution in [0.2, 0.25) is 0 Å². The summed E-state index contributed by atoms with van der Waals surface area (Å²) in [6, 6.07) is 8.77. The molecule has 2 heteroatoms. The molecule has 0 atom stereocenters. The van der Waals surface area contributed by atoms with Crippen LogP contribution in [0.4, 0.5) is 0 Å². The summed E-state index contributed by atoms with van der Waals surface area (Å²) >= 11 is 0. The fourth-order valence-electron chi connectivity index (χ4n) is 2.11. The minimum atomic E-state index is 0.708. The number of rotatable bonds is 9. The van der Waals surface area contributed by atoms with Crippen molar-refractivity contribution in [1.29, 1.82) is 0 Å². The first kappa shape index (κ1) is 14.5. The summed E-state index contributed by atoms with van der Waals surface area (Å²) in [6.07, 6.45) is 4.08. The number of nitrogens with one attached hydrogen (secondary N) is 1. The zero-order chi connectivity index (χ0) is 13.5. The quantitative estimate of drug-likeness (QED) is 0.684. The second-order valence-corrected chi connectivity index (χ2v) is 6.13. The standard InChI is InChI=1S/C17H27NO/c1-14(2)11-18-12-16-5-7-17(8-6-16)13-19-10-9-15-3-4-15/h5-8,14-15,18H,3-4,9-13H2,1-2H3. The molecule has 1 fully saturated rings. The lowest BCUT2D eigenvalue weighted by Gasteiger charge is -2.08. The molecule has 0 aromatic heterocycles. The highest BCUT2D eigenvalue weighted by atomic mass is 16.5. The van der Waals surface area contributed by atoms with E-state index in [9.17, 15) is 0 Å². The van der Waals surface area contributed by atoms with Crippen LogP contribution in [0.25, 0.3) is 0 Å². The van der Waals surface area contributed by atoms with Gasteiger partial charge in [0.1, 0.15) is 0 Å². The van der Waals surface area contributed by atoms with Crippen molar-refractivity contribution in [2.45, 2.75) is 46.3 Å². The van der Waals surface area contributed by atoms with Crippen LogP contribution >= 0.6 is 0 Å². The van der Waals surface area contributed by atoms with Gasteiger partial charge < -0.3 is 10.1 Å². The Morgan fingerprint density at radius 3 is 2.47 bits per heavy atom. The molecule has 2 nitrogen and oxygen atoms in total. The van der Waals surface area contributed by atoms with Gasteiger partial charge in [0.05, 0.1) is 6.61 Å². The highest BCUT2D eigenvalue weighted by molar-refractivity contribution is 5.21. The second kappa shape index (κ2) is 7.66. The van der Waals surface area contributed by atoms with Crippen molar-refractivity contribution in [2.75, 3.05) is 13.2 Å². The number of ether oxygens (including phenoxy) is 1. The summed E-state index contributed by atoms with van der Waals surface area (Å²) in [5.41, 5.74) is 2.63. The molecule has 0 aliphatic heterocycles. The van der Waals surface area contributed by atoms with Gasteiger partial charge in [-0.2, -0.15) is 0 Å². The summed E-state index contributed by atoms with van der Waals surface area (Å²) in [7, 11) is 0. The Labute approximate surface area is 117 Å². The van der Waals surface area contributed by atoms with Crippen LogP contribution in [-0.2, 0) is 17.9 Å². The van der Waals surface area contributed by atoms with Gasteiger partial charge in [0.2, 0.25) is 0 Å². The lowest BCUT2D eigenvalue weighted by Crippen LogP contribution is -2.18. The number of benzene rings is 1. The van der Waals surface area contributed by atoms with E-state index < -0.39 is 0 Å². The largest absolute Gasteiger partial charge is 0.377 e. The highest BCUT2D eigenvalue weighted by Crippen LogP contribution is 2.32. The molecule has 1 aliphatic rings. The van der Waals surface area contributed by atoms with E-state index in [0.29, 0.717) is 5.92 Å². The minimum Gasteiger partial charge on any atom is -0.377 e. The fourth-order valence-corrected chi connectivity index (χ4v) is 2.11. The second-order valence-electron chi connectivity index (χ2n) is 6.13. The summed E-state index contributed by atoms with van der Waals surface area (Å²) in [4.78, 5) is 0. The Hall–Kier alpha value is -0.860. The third-order valence-corrected chi connectivity index (χ3v) is 3.54. The molecule has 2 rings (SSSR count). The van der Waals surface area contributed by atoms with Crippen LogP contribution in [-0.4, -0.2) is 13.2 Å². The van der Waals surface area contributed by atoms with E-state index in [1.165, 1.54) is 30.4 Å². The van der Waals surface area contributed by atoms with Gasteiger partial charge in [-0.15, -0.1) is 0 Å². The van der Waals surface area contributed by atoms with Gasteiger partial charge in [0, 0.05) is 13.2 Å². The van der Waals surface area contributed by atoms with Crippen LogP contribution in [0.5, 0.6) is 0 Å². The first-order valence-electron chi connectivity index (χ1n) is 7.60. The molecule has 0 saturated heterocycles. The van der Waals surface area contributed by atoms with E-state index in [0.717, 1.165) is 32.2 Å². The Morgan fingerprint density at radius 2 is 1.84 bits per heavy atom. The average Bonchev–Trinajstić information content (AvgIpc) is 3.20. The summed E-state index contributed by atoms with van der Waals surface area (Å²) in [5.74, 6) is 1.67. The molecule has 1 aromatic carbocycles. The van der Waals surface area contributed by atoms with E-state index in [-0.39, 0.29) is 0 Å². The van der Waals surface area contributed by atoms with E-state index in [4.69, 9.17) is 4.74 Å². The average molecular weight is 261 g/mol. The van der Waals surface area contributed by atoms with Gasteiger partial charge in [-0.3, -0.25) is 0 Å². The predicted molar refractivity (Wildman–Crippen MR) is 80.0 cm³/mol. The molecule has 0 unspecified atom stereocenters. The lowest BCUT2D eigenvalue weighted by molar-refractivity contribution is 0.115. The first-order valence-corrected chi connectivity index (χ1v) is 7.60. The summed E-state index contributed by atoms with van der Waals surface area (Å²) in [6.45, 7) is 8.17. The van der Waals surface area contributed by atoms with E-state index in [1.807, 2.05) is 0 Å². The molecule has 19 heavy (non-hydrogen) atoms. The van der Waals surface area contributed by atoms with Crippen LogP contribution in [0, 0.1) is 11.8 Å². The Bertz CT molecular complexity index is 354. The maximum atomic E-state index is 5.71. The molecular weight excluding hydrogens is 234 g/mol. The predicted octanol–water partition coefficient (Wildman–Crippen LogP) is 3.75. The van der Waals surface area contributed by atoms with Crippen molar-refractivity contribution in [3.8, 4) is 0 Å². The molecule has 1 saturated carbocycles. The zero-order valence-corrected chi connectivity index (χ0v) is 12.3. The third kappa shape index (κ3) is 6.22. The van der Waals surface area contributed by atoms with Crippen molar-refractivity contribution >= 4 is 0 Å². The monoisotopic (exact) mass is 261 g/mol. The van der Waals surface area contributed by atoms with Gasteiger partial charge >= 0.3 is 0 Å². The van der Waals surface area contributed by atoms with Crippen LogP contribution in [0.1, 0.15) is 44.2 Å². The summed E-state index contributed by atoms with van der Waals surface area (Å²) in [5, 5.41) is 3.46. The van der Waals surface area contributed by atoms with Crippen molar-refractivity contribution in [1.82, 2.24) is 5.32 Å². The highest BCUT2D eigenvalue weighted by Gasteiger charge is 2.20. The Kier molecular flexibility index (Phi) is 5.87. The molecular formula is C17H27NO. The molecule has 1 N–H and O–H groups in total. The number of hydrogen-bond acceptors (Lipinski definition) is 2. The van der Waals surface area contributed by atoms with E-state index >= 15 is 0 Å². The van der Waals surface area contributed by atoms with Crippen LogP contribution in [0.3, 0.4) is 0 Å². The zero-order valence-electron chi connectivity index (χ0n) is 12.3. The smallest absolute Gasteiger partial charge is 0.0716 e. The van der Waals surface area contributed by atoms with Crippen LogP contribution < -0.4 is 5.32 Å². The maximum Gasteiger partial charge on any atom is 0.0716 e. The molecule has 0 bridgehead atoms. The van der Waals surface area contributed by atoms with Crippen molar-refractivity contribution < 1.29 is 4.74 Å². The lowest BCUT2D eigenvalue weighted by atomic mass is 10.1. The van der Waals surface area contributed by atoms with Gasteiger partial charge in [-0.25, -0.2) is 0 Å².